The molecule has 3 heteroatoms. The molecule has 0 spiro atoms. The first kappa shape index (κ1) is 29.9. The van der Waals surface area contributed by atoms with Crippen LogP contribution in [0.5, 0.6) is 0 Å². The molecule has 1 aromatic heterocycles. The fraction of sp³-hybridized carbons (Fsp3) is 0. The number of nitrogens with zero attached hydrogens (tertiary/aromatic N) is 3. The Morgan fingerprint density at radius 2 is 0.519 bits per heavy atom. The minimum Gasteiger partial charge on any atom is -0.208 e. The molecule has 9 aromatic carbocycles. The third-order valence-corrected chi connectivity index (χ3v) is 10.0. The van der Waals surface area contributed by atoms with Crippen LogP contribution in [0.1, 0.15) is 0 Å². The lowest BCUT2D eigenvalue weighted by Crippen LogP contribution is -2.00. The molecule has 0 radical (unpaired) electrons. The van der Waals surface area contributed by atoms with Crippen molar-refractivity contribution in [2.24, 2.45) is 0 Å². The second-order valence-corrected chi connectivity index (χ2v) is 13.3. The van der Waals surface area contributed by atoms with Gasteiger partial charge in [-0.15, -0.1) is 0 Å². The molecule has 52 heavy (non-hydrogen) atoms. The second-order valence-electron chi connectivity index (χ2n) is 13.3. The number of hydrogen-bond acceptors (Lipinski definition) is 3. The highest BCUT2D eigenvalue weighted by atomic mass is 15.0. The van der Waals surface area contributed by atoms with Crippen molar-refractivity contribution in [1.29, 1.82) is 0 Å². The molecule has 1 heterocycles. The zero-order chi connectivity index (χ0) is 34.4. The van der Waals surface area contributed by atoms with Crippen LogP contribution in [0, 0.1) is 0 Å². The van der Waals surface area contributed by atoms with E-state index in [9.17, 15) is 0 Å². The standard InChI is InChI=1S/C49H31N3/c1-2-12-34(13-3-1)45-30-37-16-8-9-17-38(37)31-46(45)41-22-20-40-29-44(25-21-39(40)26-41)49-51-47(42-23-18-32-10-4-6-14-35(32)27-42)50-48(52-49)43-24-19-33-11-5-7-15-36(33)28-43/h1-31H. The minimum absolute atomic E-state index is 0.646. The van der Waals surface area contributed by atoms with Crippen molar-refractivity contribution < 1.29 is 0 Å². The summed E-state index contributed by atoms with van der Waals surface area (Å²) in [5, 5.41) is 9.42. The van der Waals surface area contributed by atoms with Crippen molar-refractivity contribution in [2.45, 2.75) is 0 Å². The highest BCUT2D eigenvalue weighted by Crippen LogP contribution is 2.38. The van der Waals surface area contributed by atoms with Crippen LogP contribution < -0.4 is 0 Å². The van der Waals surface area contributed by atoms with E-state index in [4.69, 9.17) is 15.0 Å². The van der Waals surface area contributed by atoms with Crippen LogP contribution in [0.3, 0.4) is 0 Å². The van der Waals surface area contributed by atoms with Crippen molar-refractivity contribution in [1.82, 2.24) is 15.0 Å². The maximum absolute atomic E-state index is 5.09. The zero-order valence-corrected chi connectivity index (χ0v) is 28.2. The first-order chi connectivity index (χ1) is 25.7. The van der Waals surface area contributed by atoms with Gasteiger partial charge in [-0.2, -0.15) is 0 Å². The van der Waals surface area contributed by atoms with Crippen molar-refractivity contribution in [2.75, 3.05) is 0 Å². The molecule has 0 aliphatic rings. The summed E-state index contributed by atoms with van der Waals surface area (Å²) in [7, 11) is 0. The lowest BCUT2D eigenvalue weighted by Gasteiger charge is -2.14. The molecule has 0 amide bonds. The number of rotatable bonds is 5. The fourth-order valence-corrected chi connectivity index (χ4v) is 7.31. The molecule has 3 nitrogen and oxygen atoms in total. The highest BCUT2D eigenvalue weighted by Gasteiger charge is 2.15. The lowest BCUT2D eigenvalue weighted by atomic mass is 9.90. The Hall–Kier alpha value is -6.97. The summed E-state index contributed by atoms with van der Waals surface area (Å²) >= 11 is 0. The molecule has 10 rings (SSSR count). The van der Waals surface area contributed by atoms with E-state index in [1.54, 1.807) is 0 Å². The van der Waals surface area contributed by atoms with Gasteiger partial charge in [0.15, 0.2) is 17.5 Å². The third-order valence-electron chi connectivity index (χ3n) is 10.0. The molecule has 0 unspecified atom stereocenters. The van der Waals surface area contributed by atoms with Crippen LogP contribution in [-0.4, -0.2) is 15.0 Å². The molecular weight excluding hydrogens is 631 g/mol. The Labute approximate surface area is 301 Å². The normalized spacial score (nSPS) is 11.5. The van der Waals surface area contributed by atoms with E-state index in [2.05, 4.69) is 188 Å². The van der Waals surface area contributed by atoms with Gasteiger partial charge in [-0.1, -0.05) is 152 Å². The number of hydrogen-bond donors (Lipinski definition) is 0. The van der Waals surface area contributed by atoms with Gasteiger partial charge in [0.2, 0.25) is 0 Å². The van der Waals surface area contributed by atoms with Crippen LogP contribution in [0.25, 0.3) is 99.5 Å². The topological polar surface area (TPSA) is 38.7 Å². The molecule has 0 saturated carbocycles. The SMILES string of the molecule is c1ccc(-c2cc3ccccc3cc2-c2ccc3cc(-c4nc(-c5ccc6ccccc6c5)nc(-c5ccc6ccccc6c5)n4)ccc3c2)cc1. The predicted molar refractivity (Wildman–Crippen MR) is 217 cm³/mol. The lowest BCUT2D eigenvalue weighted by molar-refractivity contribution is 1.08. The summed E-state index contributed by atoms with van der Waals surface area (Å²) in [6.45, 7) is 0. The summed E-state index contributed by atoms with van der Waals surface area (Å²) < 4.78 is 0. The van der Waals surface area contributed by atoms with E-state index < -0.39 is 0 Å². The summed E-state index contributed by atoms with van der Waals surface area (Å²) in [5.74, 6) is 1.95. The summed E-state index contributed by atoms with van der Waals surface area (Å²) in [5.41, 5.74) is 7.69. The summed E-state index contributed by atoms with van der Waals surface area (Å²) in [6.07, 6.45) is 0. The van der Waals surface area contributed by atoms with Gasteiger partial charge in [-0.3, -0.25) is 0 Å². The van der Waals surface area contributed by atoms with Gasteiger partial charge in [-0.05, 0) is 102 Å². The van der Waals surface area contributed by atoms with Gasteiger partial charge in [0, 0.05) is 16.7 Å². The number of benzene rings is 9. The van der Waals surface area contributed by atoms with E-state index >= 15 is 0 Å². The van der Waals surface area contributed by atoms with Crippen molar-refractivity contribution in [3.8, 4) is 56.4 Å². The van der Waals surface area contributed by atoms with Gasteiger partial charge < -0.3 is 0 Å². The summed E-state index contributed by atoms with van der Waals surface area (Å²) in [6, 6.07) is 66.7. The minimum atomic E-state index is 0.646. The quantitative estimate of drug-likeness (QED) is 0.184. The zero-order valence-electron chi connectivity index (χ0n) is 28.2. The average molecular weight is 662 g/mol. The largest absolute Gasteiger partial charge is 0.208 e. The number of fused-ring (bicyclic) bond motifs is 4. The van der Waals surface area contributed by atoms with Crippen molar-refractivity contribution in [3.63, 3.8) is 0 Å². The Morgan fingerprint density at radius 1 is 0.212 bits per heavy atom. The van der Waals surface area contributed by atoms with Crippen LogP contribution in [0.15, 0.2) is 188 Å². The smallest absolute Gasteiger partial charge is 0.164 e. The first-order valence-corrected chi connectivity index (χ1v) is 17.6. The molecule has 0 bridgehead atoms. The van der Waals surface area contributed by atoms with Gasteiger partial charge in [-0.25, -0.2) is 15.0 Å². The van der Waals surface area contributed by atoms with E-state index in [-0.39, 0.29) is 0 Å². The van der Waals surface area contributed by atoms with Crippen LogP contribution in [0.4, 0.5) is 0 Å². The van der Waals surface area contributed by atoms with Gasteiger partial charge >= 0.3 is 0 Å². The Morgan fingerprint density at radius 3 is 0.981 bits per heavy atom. The number of aromatic nitrogens is 3. The van der Waals surface area contributed by atoms with Crippen molar-refractivity contribution >= 4 is 43.1 Å². The molecule has 0 N–H and O–H groups in total. The molecule has 0 aliphatic heterocycles. The first-order valence-electron chi connectivity index (χ1n) is 17.6. The molecular formula is C49H31N3. The average Bonchev–Trinajstić information content (AvgIpc) is 3.22. The molecule has 242 valence electrons. The van der Waals surface area contributed by atoms with E-state index in [0.29, 0.717) is 17.5 Å². The van der Waals surface area contributed by atoms with E-state index in [0.717, 1.165) is 38.2 Å². The van der Waals surface area contributed by atoms with Crippen LogP contribution in [0.2, 0.25) is 0 Å². The molecule has 0 atom stereocenters. The Kier molecular flexibility index (Phi) is 7.14. The second kappa shape index (κ2) is 12.4. The maximum atomic E-state index is 5.09. The summed E-state index contributed by atoms with van der Waals surface area (Å²) in [4.78, 5) is 15.2. The fourth-order valence-electron chi connectivity index (χ4n) is 7.31. The van der Waals surface area contributed by atoms with Crippen LogP contribution in [-0.2, 0) is 0 Å². The van der Waals surface area contributed by atoms with E-state index in [1.165, 1.54) is 43.8 Å². The monoisotopic (exact) mass is 661 g/mol. The van der Waals surface area contributed by atoms with Gasteiger partial charge in [0.1, 0.15) is 0 Å². The Bertz CT molecular complexity index is 2870. The van der Waals surface area contributed by atoms with Gasteiger partial charge in [0.25, 0.3) is 0 Å². The molecule has 0 fully saturated rings. The van der Waals surface area contributed by atoms with E-state index in [1.807, 2.05) is 0 Å². The van der Waals surface area contributed by atoms with Crippen molar-refractivity contribution in [3.05, 3.63) is 188 Å². The Balaban J connectivity index is 1.10. The van der Waals surface area contributed by atoms with Crippen LogP contribution >= 0.6 is 0 Å². The molecule has 10 aromatic rings. The molecule has 0 aliphatic carbocycles. The molecule has 0 saturated heterocycles. The third kappa shape index (κ3) is 5.46. The predicted octanol–water partition coefficient (Wildman–Crippen LogP) is 12.8. The highest BCUT2D eigenvalue weighted by molar-refractivity contribution is 5.99. The maximum Gasteiger partial charge on any atom is 0.164 e. The van der Waals surface area contributed by atoms with Gasteiger partial charge in [0.05, 0.1) is 0 Å².